The average molecular weight is 575 g/mol. The standard InChI is InChI=1S/C28H39ClN6O5/c1-26(2,3)22(37)35(23(38)27(4,5)6)24-31-20(29)19-21(32-24)33(14-30-19)16-11-10-15-12-17(16)34(18(36)13-15)25(39)40-28(7,8)9/h14-17H,10-13H2,1-9H3/t15-,16-,17+/m1/s1. The molecule has 4 rings (SSSR count). The number of fused-ring (bicyclic) bond motifs is 3. The fourth-order valence-corrected chi connectivity index (χ4v) is 5.45. The molecule has 3 heterocycles. The summed E-state index contributed by atoms with van der Waals surface area (Å²) in [5.74, 6) is -1.18. The molecule has 0 unspecified atom stereocenters. The summed E-state index contributed by atoms with van der Waals surface area (Å²) in [7, 11) is 0. The van der Waals surface area contributed by atoms with Crippen LogP contribution in [0, 0.1) is 16.7 Å². The summed E-state index contributed by atoms with van der Waals surface area (Å²) >= 11 is 6.56. The Labute approximate surface area is 239 Å². The van der Waals surface area contributed by atoms with Gasteiger partial charge in [0.05, 0.1) is 18.4 Å². The predicted octanol–water partition coefficient (Wildman–Crippen LogP) is 5.31. The zero-order valence-electron chi connectivity index (χ0n) is 24.7. The number of carbonyl (C=O) groups is 4. The van der Waals surface area contributed by atoms with Crippen molar-refractivity contribution in [1.82, 2.24) is 24.4 Å². The maximum Gasteiger partial charge on any atom is 0.417 e. The molecule has 2 aromatic rings. The van der Waals surface area contributed by atoms with Crippen LogP contribution in [-0.2, 0) is 19.1 Å². The van der Waals surface area contributed by atoms with Crippen molar-refractivity contribution in [2.45, 2.75) is 106 Å². The number of rotatable bonds is 2. The van der Waals surface area contributed by atoms with E-state index in [2.05, 4.69) is 15.0 Å². The number of hydrogen-bond donors (Lipinski definition) is 0. The number of aromatic nitrogens is 4. The first-order chi connectivity index (χ1) is 18.3. The molecule has 0 aromatic carbocycles. The third kappa shape index (κ3) is 5.70. The summed E-state index contributed by atoms with van der Waals surface area (Å²) in [4.78, 5) is 68.9. The quantitative estimate of drug-likeness (QED) is 0.441. The molecular weight excluding hydrogens is 536 g/mol. The number of amides is 4. The third-order valence-electron chi connectivity index (χ3n) is 7.16. The Morgan fingerprint density at radius 1 is 0.950 bits per heavy atom. The van der Waals surface area contributed by atoms with Gasteiger partial charge >= 0.3 is 6.09 Å². The van der Waals surface area contributed by atoms with E-state index in [0.29, 0.717) is 30.4 Å². The summed E-state index contributed by atoms with van der Waals surface area (Å²) in [6, 6.07) is -0.838. The van der Waals surface area contributed by atoms with Crippen molar-refractivity contribution in [3.8, 4) is 0 Å². The van der Waals surface area contributed by atoms with Crippen LogP contribution >= 0.6 is 11.6 Å². The highest BCUT2D eigenvalue weighted by Crippen LogP contribution is 2.43. The second-order valence-corrected chi connectivity index (χ2v) is 14.2. The first kappa shape index (κ1) is 29.9. The van der Waals surface area contributed by atoms with E-state index < -0.39 is 40.4 Å². The van der Waals surface area contributed by atoms with E-state index in [0.717, 1.165) is 11.3 Å². The lowest BCUT2D eigenvalue weighted by molar-refractivity contribution is -0.141. The molecule has 0 radical (unpaired) electrons. The maximum atomic E-state index is 13.5. The number of carbonyl (C=O) groups excluding carboxylic acids is 4. The second-order valence-electron chi connectivity index (χ2n) is 13.8. The van der Waals surface area contributed by atoms with E-state index in [1.807, 2.05) is 0 Å². The Kier molecular flexibility index (Phi) is 7.53. The van der Waals surface area contributed by atoms with Crippen LogP contribution < -0.4 is 4.90 Å². The summed E-state index contributed by atoms with van der Waals surface area (Å²) in [5.41, 5.74) is -1.96. The van der Waals surface area contributed by atoms with E-state index in [9.17, 15) is 19.2 Å². The van der Waals surface area contributed by atoms with E-state index in [1.54, 1.807) is 73.2 Å². The first-order valence-electron chi connectivity index (χ1n) is 13.6. The summed E-state index contributed by atoms with van der Waals surface area (Å²) in [6.07, 6.45) is 3.26. The Balaban J connectivity index is 1.83. The SMILES string of the molecule is CC(C)(C)OC(=O)N1C(=O)C[C@@H]2CC[C@@H](n3cnc4c(Cl)nc(N(C(=O)C(C)(C)C)C(=O)C(C)(C)C)nc43)[C@@H]1C2. The van der Waals surface area contributed by atoms with E-state index in [4.69, 9.17) is 16.3 Å². The van der Waals surface area contributed by atoms with Crippen LogP contribution in [0.15, 0.2) is 6.33 Å². The molecule has 1 saturated heterocycles. The normalized spacial score (nSPS) is 21.9. The van der Waals surface area contributed by atoms with Gasteiger partial charge in [0.1, 0.15) is 11.1 Å². The monoisotopic (exact) mass is 574 g/mol. The molecule has 3 atom stereocenters. The Morgan fingerprint density at radius 2 is 1.55 bits per heavy atom. The minimum absolute atomic E-state index is 0.00965. The summed E-state index contributed by atoms with van der Waals surface area (Å²) in [6.45, 7) is 15.6. The van der Waals surface area contributed by atoms with Crippen molar-refractivity contribution in [2.24, 2.45) is 16.7 Å². The van der Waals surface area contributed by atoms with E-state index in [-0.39, 0.29) is 29.0 Å². The number of likely N-dealkylation sites (tertiary alicyclic amines) is 1. The van der Waals surface area contributed by atoms with Crippen molar-refractivity contribution in [2.75, 3.05) is 4.90 Å². The van der Waals surface area contributed by atoms with Crippen LogP contribution in [0.4, 0.5) is 10.7 Å². The van der Waals surface area contributed by atoms with Gasteiger partial charge in [0.2, 0.25) is 23.7 Å². The Morgan fingerprint density at radius 3 is 2.10 bits per heavy atom. The highest BCUT2D eigenvalue weighted by atomic mass is 35.5. The lowest BCUT2D eigenvalue weighted by Crippen LogP contribution is -2.56. The number of halogens is 1. The molecular formula is C28H39ClN6O5. The fourth-order valence-electron chi connectivity index (χ4n) is 5.24. The summed E-state index contributed by atoms with van der Waals surface area (Å²) < 4.78 is 7.37. The molecule has 1 aliphatic heterocycles. The predicted molar refractivity (Wildman–Crippen MR) is 150 cm³/mol. The summed E-state index contributed by atoms with van der Waals surface area (Å²) in [5, 5.41) is -0.00965. The van der Waals surface area contributed by atoms with Gasteiger partial charge in [-0.2, -0.15) is 9.97 Å². The van der Waals surface area contributed by atoms with Crippen molar-refractivity contribution in [3.63, 3.8) is 0 Å². The molecule has 1 saturated carbocycles. The van der Waals surface area contributed by atoms with Gasteiger partial charge in [0.15, 0.2) is 10.8 Å². The fraction of sp³-hybridized carbons (Fsp3) is 0.679. The van der Waals surface area contributed by atoms with Crippen LogP contribution in [0.2, 0.25) is 5.15 Å². The number of anilines is 1. The molecule has 218 valence electrons. The molecule has 2 fully saturated rings. The number of imidazole rings is 1. The molecule has 2 aromatic heterocycles. The minimum Gasteiger partial charge on any atom is -0.443 e. The molecule has 4 amide bonds. The topological polar surface area (TPSA) is 128 Å². The molecule has 0 spiro atoms. The molecule has 2 bridgehead atoms. The van der Waals surface area contributed by atoms with Crippen LogP contribution in [-0.4, -0.2) is 59.9 Å². The number of ether oxygens (including phenoxy) is 1. The number of imide groups is 2. The minimum atomic E-state index is -0.902. The highest BCUT2D eigenvalue weighted by Gasteiger charge is 2.47. The first-order valence-corrected chi connectivity index (χ1v) is 14.0. The molecule has 12 heteroatoms. The van der Waals surface area contributed by atoms with E-state index >= 15 is 0 Å². The van der Waals surface area contributed by atoms with E-state index in [1.165, 1.54) is 4.90 Å². The second kappa shape index (κ2) is 10.1. The Bertz CT molecular complexity index is 1340. The molecule has 0 N–H and O–H groups in total. The molecule has 40 heavy (non-hydrogen) atoms. The van der Waals surface area contributed by atoms with Crippen LogP contribution in [0.1, 0.15) is 94.0 Å². The van der Waals surface area contributed by atoms with Gasteiger partial charge in [-0.3, -0.25) is 14.4 Å². The highest BCUT2D eigenvalue weighted by molar-refractivity contribution is 6.33. The van der Waals surface area contributed by atoms with Crippen LogP contribution in [0.25, 0.3) is 11.2 Å². The number of nitrogens with zero attached hydrogens (tertiary/aromatic N) is 6. The van der Waals surface area contributed by atoms with Crippen molar-refractivity contribution >= 4 is 52.5 Å². The van der Waals surface area contributed by atoms with Gasteiger partial charge in [-0.25, -0.2) is 19.6 Å². The van der Waals surface area contributed by atoms with Gasteiger partial charge in [0, 0.05) is 17.3 Å². The largest absolute Gasteiger partial charge is 0.443 e. The van der Waals surface area contributed by atoms with Gasteiger partial charge in [-0.05, 0) is 46.0 Å². The lowest BCUT2D eigenvalue weighted by atomic mass is 9.76. The van der Waals surface area contributed by atoms with Crippen molar-refractivity contribution < 1.29 is 23.9 Å². The smallest absolute Gasteiger partial charge is 0.417 e. The van der Waals surface area contributed by atoms with Gasteiger partial charge in [-0.15, -0.1) is 0 Å². The van der Waals surface area contributed by atoms with Gasteiger partial charge in [-0.1, -0.05) is 53.1 Å². The molecule has 11 nitrogen and oxygen atoms in total. The zero-order valence-corrected chi connectivity index (χ0v) is 25.5. The Hall–Kier alpha value is -3.08. The third-order valence-corrected chi connectivity index (χ3v) is 7.42. The average Bonchev–Trinajstić information content (AvgIpc) is 3.21. The van der Waals surface area contributed by atoms with Crippen LogP contribution in [0.3, 0.4) is 0 Å². The van der Waals surface area contributed by atoms with Crippen molar-refractivity contribution in [3.05, 3.63) is 11.5 Å². The zero-order chi connectivity index (χ0) is 29.9. The maximum absolute atomic E-state index is 13.5. The number of piperidine rings is 1. The lowest BCUT2D eigenvalue weighted by Gasteiger charge is -2.46. The number of hydrogen-bond acceptors (Lipinski definition) is 8. The van der Waals surface area contributed by atoms with Gasteiger partial charge < -0.3 is 9.30 Å². The molecule has 1 aliphatic carbocycles. The molecule has 2 aliphatic rings. The van der Waals surface area contributed by atoms with Gasteiger partial charge in [0.25, 0.3) is 0 Å². The van der Waals surface area contributed by atoms with Crippen LogP contribution in [0.5, 0.6) is 0 Å². The van der Waals surface area contributed by atoms with Crippen molar-refractivity contribution in [1.29, 1.82) is 0 Å².